The summed E-state index contributed by atoms with van der Waals surface area (Å²) >= 11 is 0. The van der Waals surface area contributed by atoms with Gasteiger partial charge in [0, 0.05) is 5.39 Å². The summed E-state index contributed by atoms with van der Waals surface area (Å²) in [6.45, 7) is 0. The zero-order valence-electron chi connectivity index (χ0n) is 8.70. The minimum atomic E-state index is -4.66. The SMILES string of the molecule is O=S(=O)([O-])c1c(O)ccc2ccccc12.[Ba+2].[OH-]. The van der Waals surface area contributed by atoms with Crippen LogP contribution in [0.25, 0.3) is 10.8 Å². The van der Waals surface area contributed by atoms with Crippen molar-refractivity contribution in [3.05, 3.63) is 36.4 Å². The molecule has 0 aromatic heterocycles. The molecule has 0 heterocycles. The fourth-order valence-corrected chi connectivity index (χ4v) is 2.27. The van der Waals surface area contributed by atoms with E-state index in [0.717, 1.165) is 0 Å². The summed E-state index contributed by atoms with van der Waals surface area (Å²) < 4.78 is 32.9. The number of fused-ring (bicyclic) bond motifs is 1. The van der Waals surface area contributed by atoms with Gasteiger partial charge in [-0.25, -0.2) is 8.42 Å². The molecule has 0 atom stereocenters. The summed E-state index contributed by atoms with van der Waals surface area (Å²) in [6, 6.07) is 9.24. The Balaban J connectivity index is 0.00000128. The number of aromatic hydroxyl groups is 1. The van der Waals surface area contributed by atoms with Crippen LogP contribution in [0, 0.1) is 0 Å². The van der Waals surface area contributed by atoms with E-state index in [9.17, 15) is 18.1 Å². The van der Waals surface area contributed by atoms with Crippen molar-refractivity contribution < 1.29 is 23.6 Å². The molecule has 2 aromatic carbocycles. The van der Waals surface area contributed by atoms with Crippen LogP contribution in [0.5, 0.6) is 5.75 Å². The molecule has 2 rings (SSSR count). The third kappa shape index (κ3) is 3.46. The van der Waals surface area contributed by atoms with Crippen LogP contribution in [-0.2, 0) is 10.1 Å². The maximum Gasteiger partial charge on any atom is 2.00 e. The van der Waals surface area contributed by atoms with E-state index in [1.54, 1.807) is 24.3 Å². The molecule has 0 radical (unpaired) electrons. The van der Waals surface area contributed by atoms with Crippen molar-refractivity contribution >= 4 is 69.8 Å². The molecule has 0 amide bonds. The van der Waals surface area contributed by atoms with E-state index in [0.29, 0.717) is 5.39 Å². The molecule has 2 N–H and O–H groups in total. The van der Waals surface area contributed by atoms with Crippen molar-refractivity contribution in [3.8, 4) is 5.75 Å². The van der Waals surface area contributed by atoms with Crippen LogP contribution in [0.1, 0.15) is 0 Å². The summed E-state index contributed by atoms with van der Waals surface area (Å²) in [5.74, 6) is -0.510. The first-order valence-electron chi connectivity index (χ1n) is 4.17. The average Bonchev–Trinajstić information content (AvgIpc) is 2.15. The third-order valence-electron chi connectivity index (χ3n) is 2.11. The van der Waals surface area contributed by atoms with Gasteiger partial charge in [0.1, 0.15) is 20.8 Å². The minimum Gasteiger partial charge on any atom is -0.870 e. The van der Waals surface area contributed by atoms with Crippen molar-refractivity contribution in [2.24, 2.45) is 0 Å². The zero-order valence-corrected chi connectivity index (χ0v) is 14.0. The Morgan fingerprint density at radius 3 is 2.24 bits per heavy atom. The molecule has 0 spiro atoms. The summed E-state index contributed by atoms with van der Waals surface area (Å²) in [4.78, 5) is -0.555. The number of hydrogen-bond acceptors (Lipinski definition) is 5. The molecule has 5 nitrogen and oxygen atoms in total. The number of phenolic OH excluding ortho intramolecular Hbond substituents is 1. The first kappa shape index (κ1) is 16.9. The van der Waals surface area contributed by atoms with Crippen molar-refractivity contribution in [2.75, 3.05) is 0 Å². The molecule has 7 heteroatoms. The predicted octanol–water partition coefficient (Wildman–Crippen LogP) is 0.892. The van der Waals surface area contributed by atoms with E-state index in [2.05, 4.69) is 0 Å². The van der Waals surface area contributed by atoms with Crippen molar-refractivity contribution in [1.29, 1.82) is 0 Å². The maximum atomic E-state index is 11.0. The Morgan fingerprint density at radius 2 is 1.65 bits per heavy atom. The van der Waals surface area contributed by atoms with E-state index in [-0.39, 0.29) is 59.7 Å². The van der Waals surface area contributed by atoms with Gasteiger partial charge in [-0.3, -0.25) is 0 Å². The van der Waals surface area contributed by atoms with Crippen molar-refractivity contribution in [3.63, 3.8) is 0 Å². The number of benzene rings is 2. The fraction of sp³-hybridized carbons (Fsp3) is 0. The van der Waals surface area contributed by atoms with Crippen LogP contribution in [0.15, 0.2) is 41.3 Å². The third-order valence-corrected chi connectivity index (χ3v) is 3.04. The van der Waals surface area contributed by atoms with Crippen molar-refractivity contribution in [1.82, 2.24) is 0 Å². The van der Waals surface area contributed by atoms with Crippen LogP contribution < -0.4 is 0 Å². The van der Waals surface area contributed by atoms with Gasteiger partial charge in [-0.2, -0.15) is 0 Å². The van der Waals surface area contributed by atoms with Gasteiger partial charge in [-0.15, -0.1) is 0 Å². The summed E-state index contributed by atoms with van der Waals surface area (Å²) in [5, 5.41) is 10.2. The molecule has 0 fully saturated rings. The molecule has 0 aliphatic rings. The van der Waals surface area contributed by atoms with Crippen molar-refractivity contribution in [2.45, 2.75) is 4.90 Å². The first-order chi connectivity index (χ1) is 7.00. The molecule has 0 unspecified atom stereocenters. The summed E-state index contributed by atoms with van der Waals surface area (Å²) in [5.41, 5.74) is 0. The molecule has 0 aliphatic heterocycles. The summed E-state index contributed by atoms with van der Waals surface area (Å²) in [6.07, 6.45) is 0. The zero-order chi connectivity index (χ0) is 11.1. The van der Waals surface area contributed by atoms with E-state index in [1.165, 1.54) is 12.1 Å². The van der Waals surface area contributed by atoms with Gasteiger partial charge < -0.3 is 15.1 Å². The normalized spacial score (nSPS) is 10.4. The molecule has 17 heavy (non-hydrogen) atoms. The van der Waals surface area contributed by atoms with Gasteiger partial charge in [0.05, 0.1) is 0 Å². The molecule has 0 aliphatic carbocycles. The predicted molar refractivity (Wildman–Crippen MR) is 61.3 cm³/mol. The quantitative estimate of drug-likeness (QED) is 0.587. The molecule has 0 bridgehead atoms. The minimum absolute atomic E-state index is 0. The largest absolute Gasteiger partial charge is 2.00 e. The van der Waals surface area contributed by atoms with E-state index in [4.69, 9.17) is 0 Å². The monoisotopic (exact) mass is 378 g/mol. The number of hydrogen-bond donors (Lipinski definition) is 1. The average molecular weight is 378 g/mol. The second-order valence-electron chi connectivity index (χ2n) is 3.09. The molecule has 86 valence electrons. The van der Waals surface area contributed by atoms with Gasteiger partial charge in [0.2, 0.25) is 0 Å². The van der Waals surface area contributed by atoms with Gasteiger partial charge in [-0.1, -0.05) is 30.3 Å². The fourth-order valence-electron chi connectivity index (χ4n) is 1.49. The van der Waals surface area contributed by atoms with E-state index < -0.39 is 20.8 Å². The van der Waals surface area contributed by atoms with E-state index >= 15 is 0 Å². The molecule has 2 aromatic rings. The van der Waals surface area contributed by atoms with Gasteiger partial charge >= 0.3 is 48.9 Å². The second-order valence-corrected chi connectivity index (χ2v) is 4.41. The summed E-state index contributed by atoms with van der Waals surface area (Å²) in [7, 11) is -4.66. The Labute approximate surface area is 139 Å². The first-order valence-corrected chi connectivity index (χ1v) is 5.57. The smallest absolute Gasteiger partial charge is 0.870 e. The Hall–Kier alpha value is -0.0586. The van der Waals surface area contributed by atoms with E-state index in [1.807, 2.05) is 0 Å². The Bertz CT molecular complexity index is 624. The molecule has 0 saturated carbocycles. The second kappa shape index (κ2) is 6.21. The van der Waals surface area contributed by atoms with Crippen LogP contribution in [0.4, 0.5) is 0 Å². The Kier molecular flexibility index (Phi) is 6.19. The molecular weight excluding hydrogens is 370 g/mol. The Morgan fingerprint density at radius 1 is 1.06 bits per heavy atom. The molecular formula is C10H8BaO5S. The van der Waals surface area contributed by atoms with Crippen LogP contribution >= 0.6 is 0 Å². The van der Waals surface area contributed by atoms with Gasteiger partial charge in [0.25, 0.3) is 0 Å². The van der Waals surface area contributed by atoms with Crippen LogP contribution in [-0.4, -0.2) is 72.4 Å². The standard InChI is InChI=1S/C10H8O4S.Ba.H2O/c11-9-6-5-7-3-1-2-4-8(7)10(9)15(12,13)14;;/h1-6,11H,(H,12,13,14);;1H2/q;+2;/p-2. The topological polar surface area (TPSA) is 107 Å². The van der Waals surface area contributed by atoms with Gasteiger partial charge in [-0.05, 0) is 11.5 Å². The molecule has 0 saturated heterocycles. The number of phenols is 1. The van der Waals surface area contributed by atoms with Gasteiger partial charge in [0.15, 0.2) is 0 Å². The van der Waals surface area contributed by atoms with Crippen LogP contribution in [0.2, 0.25) is 0 Å². The van der Waals surface area contributed by atoms with Crippen LogP contribution in [0.3, 0.4) is 0 Å². The maximum absolute atomic E-state index is 11.0. The number of rotatable bonds is 1.